The molecule has 1 aromatic heterocycles. The van der Waals surface area contributed by atoms with Crippen molar-refractivity contribution in [3.05, 3.63) is 36.2 Å². The minimum absolute atomic E-state index is 0.0877. The smallest absolute Gasteiger partial charge is 0.340 e. The lowest BCUT2D eigenvalue weighted by molar-refractivity contribution is 0.475. The van der Waals surface area contributed by atoms with Crippen molar-refractivity contribution in [1.82, 2.24) is 4.98 Å². The van der Waals surface area contributed by atoms with Crippen LogP contribution in [0.1, 0.15) is 25.3 Å². The molecule has 0 saturated heterocycles. The van der Waals surface area contributed by atoms with Gasteiger partial charge in [0.05, 0.1) is 6.20 Å². The number of aromatic hydroxyl groups is 1. The molecule has 0 spiro atoms. The van der Waals surface area contributed by atoms with Crippen LogP contribution >= 0.6 is 0 Å². The minimum Gasteiger partial charge on any atom is -0.506 e. The summed E-state index contributed by atoms with van der Waals surface area (Å²) in [6, 6.07) is 5.44. The molecule has 5 heteroatoms. The molecule has 0 bridgehead atoms. The van der Waals surface area contributed by atoms with Crippen LogP contribution in [0.2, 0.25) is 0 Å². The largest absolute Gasteiger partial charge is 0.506 e. The van der Waals surface area contributed by atoms with Crippen LogP contribution in [0.5, 0.6) is 5.75 Å². The second-order valence-corrected chi connectivity index (χ2v) is 3.92. The maximum Gasteiger partial charge on any atom is 0.340 e. The van der Waals surface area contributed by atoms with Crippen molar-refractivity contribution in [1.29, 1.82) is 0 Å². The molecule has 0 aliphatic heterocycles. The van der Waals surface area contributed by atoms with Gasteiger partial charge in [0.15, 0.2) is 0 Å². The third-order valence-corrected chi connectivity index (χ3v) is 2.33. The van der Waals surface area contributed by atoms with Gasteiger partial charge < -0.3 is 9.52 Å². The van der Waals surface area contributed by atoms with Crippen molar-refractivity contribution in [2.24, 2.45) is 10.2 Å². The molecule has 1 N–H and O–H groups in total. The van der Waals surface area contributed by atoms with E-state index >= 15 is 0 Å². The number of rotatable bonds is 3. The number of hydrogen-bond donors (Lipinski definition) is 1. The highest BCUT2D eigenvalue weighted by molar-refractivity contribution is 5.52. The highest BCUT2D eigenvalue weighted by Crippen LogP contribution is 2.31. The van der Waals surface area contributed by atoms with Gasteiger partial charge in [-0.2, -0.15) is 4.98 Å². The summed E-state index contributed by atoms with van der Waals surface area (Å²) < 4.78 is 4.92. The molecule has 2 aromatic rings. The average Bonchev–Trinajstić information content (AvgIpc) is 2.80. The molecule has 0 aliphatic carbocycles. The van der Waals surface area contributed by atoms with Crippen molar-refractivity contribution in [3.63, 3.8) is 0 Å². The van der Waals surface area contributed by atoms with Gasteiger partial charge in [-0.3, -0.25) is 0 Å². The van der Waals surface area contributed by atoms with Crippen molar-refractivity contribution >= 4 is 11.7 Å². The quantitative estimate of drug-likeness (QED) is 0.814. The van der Waals surface area contributed by atoms with E-state index in [0.717, 1.165) is 5.56 Å². The predicted molar refractivity (Wildman–Crippen MR) is 62.9 cm³/mol. The van der Waals surface area contributed by atoms with Gasteiger partial charge >= 0.3 is 6.01 Å². The molecule has 0 aliphatic rings. The zero-order valence-corrected chi connectivity index (χ0v) is 9.66. The van der Waals surface area contributed by atoms with E-state index in [4.69, 9.17) is 4.42 Å². The highest BCUT2D eigenvalue weighted by atomic mass is 16.4. The van der Waals surface area contributed by atoms with Gasteiger partial charge in [0.1, 0.15) is 17.7 Å². The summed E-state index contributed by atoms with van der Waals surface area (Å²) in [4.78, 5) is 3.81. The molecule has 0 saturated carbocycles. The van der Waals surface area contributed by atoms with E-state index < -0.39 is 0 Å². The molecule has 2 rings (SSSR count). The van der Waals surface area contributed by atoms with Crippen LogP contribution in [0.4, 0.5) is 11.7 Å². The molecule has 5 nitrogen and oxygen atoms in total. The van der Waals surface area contributed by atoms with Crippen LogP contribution in [-0.2, 0) is 0 Å². The van der Waals surface area contributed by atoms with Gasteiger partial charge in [-0.1, -0.05) is 25.0 Å². The third-order valence-electron chi connectivity index (χ3n) is 2.33. The molecular weight excluding hydrogens is 218 g/mol. The first-order valence-corrected chi connectivity index (χ1v) is 5.31. The Kier molecular flexibility index (Phi) is 3.18. The van der Waals surface area contributed by atoms with Gasteiger partial charge in [-0.15, -0.1) is 5.11 Å². The fraction of sp³-hybridized carbons (Fsp3) is 0.250. The van der Waals surface area contributed by atoms with Crippen LogP contribution in [0, 0.1) is 0 Å². The molecule has 0 fully saturated rings. The number of phenolic OH excluding ortho intramolecular Hbond substituents is 1. The van der Waals surface area contributed by atoms with Gasteiger partial charge in [0.25, 0.3) is 0 Å². The Labute approximate surface area is 98.8 Å². The summed E-state index contributed by atoms with van der Waals surface area (Å²) in [5.41, 5.74) is 1.50. The molecule has 0 unspecified atom stereocenters. The monoisotopic (exact) mass is 231 g/mol. The predicted octanol–water partition coefficient (Wildman–Crippen LogP) is 3.92. The molecule has 17 heavy (non-hydrogen) atoms. The number of phenols is 1. The van der Waals surface area contributed by atoms with E-state index in [1.807, 2.05) is 6.07 Å². The molecule has 88 valence electrons. The topological polar surface area (TPSA) is 71.0 Å². The maximum absolute atomic E-state index is 9.64. The fourth-order valence-corrected chi connectivity index (χ4v) is 1.34. The summed E-state index contributed by atoms with van der Waals surface area (Å²) in [6.45, 7) is 4.14. The summed E-state index contributed by atoms with van der Waals surface area (Å²) in [6.07, 6.45) is 2.90. The van der Waals surface area contributed by atoms with Crippen LogP contribution in [0.25, 0.3) is 0 Å². The first-order valence-electron chi connectivity index (χ1n) is 5.31. The molecule has 1 aromatic carbocycles. The third kappa shape index (κ3) is 2.69. The summed E-state index contributed by atoms with van der Waals surface area (Å²) in [7, 11) is 0. The minimum atomic E-state index is 0.0877. The Morgan fingerprint density at radius 3 is 2.76 bits per heavy atom. The second kappa shape index (κ2) is 4.78. The van der Waals surface area contributed by atoms with Crippen LogP contribution < -0.4 is 0 Å². The highest BCUT2D eigenvalue weighted by Gasteiger charge is 2.05. The normalized spacial score (nSPS) is 11.5. The molecule has 1 heterocycles. The number of nitrogens with zero attached hydrogens (tertiary/aromatic N) is 3. The van der Waals surface area contributed by atoms with E-state index in [2.05, 4.69) is 29.1 Å². The number of benzene rings is 1. The SMILES string of the molecule is CC(C)c1ccc(O)c(N=Nc2ncco2)c1. The number of oxazole rings is 1. The summed E-state index contributed by atoms with van der Waals surface area (Å²) in [5.74, 6) is 0.455. The van der Waals surface area contributed by atoms with E-state index in [1.165, 1.54) is 12.5 Å². The van der Waals surface area contributed by atoms with Gasteiger partial charge in [-0.05, 0) is 23.6 Å². The summed E-state index contributed by atoms with van der Waals surface area (Å²) in [5, 5.41) is 17.3. The van der Waals surface area contributed by atoms with E-state index in [-0.39, 0.29) is 11.8 Å². The Hall–Kier alpha value is -2.17. The molecular formula is C12H13N3O2. The van der Waals surface area contributed by atoms with Crippen LogP contribution in [-0.4, -0.2) is 10.1 Å². The van der Waals surface area contributed by atoms with Gasteiger partial charge in [0, 0.05) is 0 Å². The molecule has 0 amide bonds. The number of hydrogen-bond acceptors (Lipinski definition) is 5. The Balaban J connectivity index is 2.28. The van der Waals surface area contributed by atoms with Crippen molar-refractivity contribution in [3.8, 4) is 5.75 Å². The second-order valence-electron chi connectivity index (χ2n) is 3.92. The van der Waals surface area contributed by atoms with Crippen LogP contribution in [0.15, 0.2) is 45.3 Å². The van der Waals surface area contributed by atoms with Crippen LogP contribution in [0.3, 0.4) is 0 Å². The lowest BCUT2D eigenvalue weighted by Gasteiger charge is -2.06. The Bertz CT molecular complexity index is 519. The standard InChI is InChI=1S/C12H13N3O2/c1-8(2)9-3-4-11(16)10(7-9)14-15-12-13-5-6-17-12/h3-8,16H,1-2H3. The van der Waals surface area contributed by atoms with Gasteiger partial charge in [-0.25, -0.2) is 0 Å². The maximum atomic E-state index is 9.64. The van der Waals surface area contributed by atoms with Crippen molar-refractivity contribution in [2.75, 3.05) is 0 Å². The fourth-order valence-electron chi connectivity index (χ4n) is 1.34. The molecule has 0 radical (unpaired) electrons. The Morgan fingerprint density at radius 1 is 1.29 bits per heavy atom. The lowest BCUT2D eigenvalue weighted by atomic mass is 10.0. The van der Waals surface area contributed by atoms with E-state index in [0.29, 0.717) is 11.6 Å². The summed E-state index contributed by atoms with van der Waals surface area (Å²) >= 11 is 0. The van der Waals surface area contributed by atoms with Crippen molar-refractivity contribution in [2.45, 2.75) is 19.8 Å². The zero-order valence-electron chi connectivity index (χ0n) is 9.66. The number of aromatic nitrogens is 1. The van der Waals surface area contributed by atoms with E-state index in [1.54, 1.807) is 12.1 Å². The first-order chi connectivity index (χ1) is 8.16. The van der Waals surface area contributed by atoms with Crippen molar-refractivity contribution < 1.29 is 9.52 Å². The Morgan fingerprint density at radius 2 is 2.12 bits per heavy atom. The molecule has 0 atom stereocenters. The van der Waals surface area contributed by atoms with E-state index in [9.17, 15) is 5.11 Å². The zero-order chi connectivity index (χ0) is 12.3. The lowest BCUT2D eigenvalue weighted by Crippen LogP contribution is -1.85. The number of azo groups is 1. The first kappa shape index (κ1) is 11.3. The average molecular weight is 231 g/mol. The van der Waals surface area contributed by atoms with Gasteiger partial charge in [0.2, 0.25) is 0 Å².